The number of likely N-dealkylation sites (N-methyl/N-ethyl adjacent to an activating group) is 1. The molecular formula is C24H25Cl2NO5. The quantitative estimate of drug-likeness (QED) is 0.448. The maximum absolute atomic E-state index is 12.0. The van der Waals surface area contributed by atoms with Crippen LogP contribution < -0.4 is 0 Å². The van der Waals surface area contributed by atoms with Crippen LogP contribution in [0.25, 0.3) is 0 Å². The Kier molecular flexibility index (Phi) is 7.96. The summed E-state index contributed by atoms with van der Waals surface area (Å²) in [7, 11) is 3.06. The van der Waals surface area contributed by atoms with Crippen LogP contribution in [0.15, 0.2) is 60.2 Å². The van der Waals surface area contributed by atoms with E-state index in [2.05, 4.69) is 0 Å². The van der Waals surface area contributed by atoms with Crippen LogP contribution in [0.3, 0.4) is 0 Å². The van der Waals surface area contributed by atoms with Gasteiger partial charge in [0.25, 0.3) is 0 Å². The summed E-state index contributed by atoms with van der Waals surface area (Å²) in [6.07, 6.45) is 1.65. The van der Waals surface area contributed by atoms with Crippen LogP contribution in [0.2, 0.25) is 10.0 Å². The minimum absolute atomic E-state index is 0.00633. The number of benzene rings is 2. The molecule has 2 aromatic rings. The van der Waals surface area contributed by atoms with E-state index in [1.165, 1.54) is 7.11 Å². The molecule has 3 rings (SSSR count). The topological polar surface area (TPSA) is 76.1 Å². The first-order valence-electron chi connectivity index (χ1n) is 10.1. The summed E-state index contributed by atoms with van der Waals surface area (Å²) in [5.74, 6) is -1.87. The lowest BCUT2D eigenvalue weighted by molar-refractivity contribution is -0.137. The second kappa shape index (κ2) is 10.5. The van der Waals surface area contributed by atoms with Crippen molar-refractivity contribution in [3.05, 3.63) is 81.4 Å². The second-order valence-corrected chi connectivity index (χ2v) is 8.66. The number of carboxylic acids is 1. The number of hydrogen-bond donors (Lipinski definition) is 1. The predicted octanol–water partition coefficient (Wildman–Crippen LogP) is 4.39. The fourth-order valence-corrected chi connectivity index (χ4v) is 4.71. The maximum atomic E-state index is 12.0. The number of aliphatic carboxylic acids is 1. The first-order chi connectivity index (χ1) is 15.3. The number of rotatable bonds is 8. The van der Waals surface area contributed by atoms with E-state index in [1.54, 1.807) is 0 Å². The standard InChI is InChI=1S/C24H25Cl2NO5/c1-27(14-16(11-22(28)29)23(30)31-2)15-19-9-10-32-24(19,17-5-3-7-20(25)12-17)18-6-4-8-21(26)13-18/h3-8,11-13,19H,9-10,14-15H2,1-2H3,(H,28,29)/b16-11-. The molecule has 2 aromatic carbocycles. The van der Waals surface area contributed by atoms with E-state index in [1.807, 2.05) is 60.5 Å². The number of halogens is 2. The van der Waals surface area contributed by atoms with Crippen molar-refractivity contribution in [1.82, 2.24) is 4.90 Å². The number of esters is 1. The van der Waals surface area contributed by atoms with Crippen molar-refractivity contribution < 1.29 is 24.2 Å². The van der Waals surface area contributed by atoms with Gasteiger partial charge in [0.2, 0.25) is 0 Å². The number of methoxy groups -OCH3 is 1. The molecule has 8 heteroatoms. The number of carbonyl (C=O) groups excluding carboxylic acids is 1. The molecule has 1 saturated heterocycles. The summed E-state index contributed by atoms with van der Waals surface area (Å²) in [6, 6.07) is 15.1. The van der Waals surface area contributed by atoms with E-state index in [0.717, 1.165) is 23.6 Å². The SMILES string of the molecule is COC(=O)/C(=C\C(=O)O)CN(C)CC1CCOC1(c1cccc(Cl)c1)c1cccc(Cl)c1. The second-order valence-electron chi connectivity index (χ2n) is 7.79. The van der Waals surface area contributed by atoms with Gasteiger partial charge in [0.05, 0.1) is 12.7 Å². The summed E-state index contributed by atoms with van der Waals surface area (Å²) < 4.78 is 11.2. The van der Waals surface area contributed by atoms with Crippen LogP contribution >= 0.6 is 23.2 Å². The number of carboxylic acid groups (broad SMARTS) is 1. The Balaban J connectivity index is 1.97. The zero-order valence-electron chi connectivity index (χ0n) is 17.9. The largest absolute Gasteiger partial charge is 0.478 e. The highest BCUT2D eigenvalue weighted by Crippen LogP contribution is 2.47. The van der Waals surface area contributed by atoms with Gasteiger partial charge in [0, 0.05) is 41.7 Å². The molecular weight excluding hydrogens is 453 g/mol. The van der Waals surface area contributed by atoms with Gasteiger partial charge in [0.1, 0.15) is 5.60 Å². The average molecular weight is 478 g/mol. The van der Waals surface area contributed by atoms with E-state index in [-0.39, 0.29) is 18.0 Å². The Morgan fingerprint density at radius 3 is 2.28 bits per heavy atom. The predicted molar refractivity (Wildman–Crippen MR) is 123 cm³/mol. The number of hydrogen-bond acceptors (Lipinski definition) is 5. The van der Waals surface area contributed by atoms with Gasteiger partial charge in [-0.3, -0.25) is 0 Å². The molecule has 32 heavy (non-hydrogen) atoms. The maximum Gasteiger partial charge on any atom is 0.335 e. The molecule has 6 nitrogen and oxygen atoms in total. The molecule has 0 aliphatic carbocycles. The highest BCUT2D eigenvalue weighted by Gasteiger charge is 2.47. The number of nitrogens with zero attached hydrogens (tertiary/aromatic N) is 1. The molecule has 170 valence electrons. The minimum Gasteiger partial charge on any atom is -0.478 e. The van der Waals surface area contributed by atoms with Crippen LogP contribution in [0.4, 0.5) is 0 Å². The van der Waals surface area contributed by atoms with Crippen molar-refractivity contribution in [3.63, 3.8) is 0 Å². The van der Waals surface area contributed by atoms with Crippen LogP contribution in [0.5, 0.6) is 0 Å². The fourth-order valence-electron chi connectivity index (χ4n) is 4.33. The van der Waals surface area contributed by atoms with Crippen molar-refractivity contribution in [3.8, 4) is 0 Å². The Morgan fingerprint density at radius 2 is 1.78 bits per heavy atom. The lowest BCUT2D eigenvalue weighted by Gasteiger charge is -2.37. The molecule has 0 amide bonds. The monoisotopic (exact) mass is 477 g/mol. The van der Waals surface area contributed by atoms with Gasteiger partial charge in [-0.05, 0) is 48.9 Å². The summed E-state index contributed by atoms with van der Waals surface area (Å²) in [5.41, 5.74) is 1.11. The highest BCUT2D eigenvalue weighted by atomic mass is 35.5. The third kappa shape index (κ3) is 5.33. The van der Waals surface area contributed by atoms with Crippen molar-refractivity contribution >= 4 is 35.1 Å². The summed E-state index contributed by atoms with van der Waals surface area (Å²) >= 11 is 12.6. The Morgan fingerprint density at radius 1 is 1.19 bits per heavy atom. The molecule has 1 atom stereocenters. The Hall–Kier alpha value is -2.38. The third-order valence-electron chi connectivity index (χ3n) is 5.60. The molecule has 0 radical (unpaired) electrons. The summed E-state index contributed by atoms with van der Waals surface area (Å²) in [5, 5.41) is 10.3. The number of ether oxygens (including phenoxy) is 2. The van der Waals surface area contributed by atoms with E-state index in [4.69, 9.17) is 37.8 Å². The fraction of sp³-hybridized carbons (Fsp3) is 0.333. The van der Waals surface area contributed by atoms with Gasteiger partial charge in [0.15, 0.2) is 0 Å². The van der Waals surface area contributed by atoms with Gasteiger partial charge in [-0.2, -0.15) is 0 Å². The van der Waals surface area contributed by atoms with Crippen molar-refractivity contribution in [2.24, 2.45) is 5.92 Å². The van der Waals surface area contributed by atoms with E-state index in [9.17, 15) is 9.59 Å². The van der Waals surface area contributed by atoms with Crippen molar-refractivity contribution in [1.29, 1.82) is 0 Å². The molecule has 0 aromatic heterocycles. The highest BCUT2D eigenvalue weighted by molar-refractivity contribution is 6.31. The lowest BCUT2D eigenvalue weighted by Crippen LogP contribution is -2.41. The molecule has 0 bridgehead atoms. The van der Waals surface area contributed by atoms with Gasteiger partial charge in [-0.1, -0.05) is 47.5 Å². The van der Waals surface area contributed by atoms with E-state index in [0.29, 0.717) is 23.2 Å². The van der Waals surface area contributed by atoms with Gasteiger partial charge in [-0.25, -0.2) is 9.59 Å². The van der Waals surface area contributed by atoms with E-state index >= 15 is 0 Å². The first-order valence-corrected chi connectivity index (χ1v) is 10.9. The summed E-state index contributed by atoms with van der Waals surface area (Å²) in [6.45, 7) is 1.19. The average Bonchev–Trinajstić information content (AvgIpc) is 3.16. The normalized spacial score (nSPS) is 18.0. The zero-order valence-corrected chi connectivity index (χ0v) is 19.4. The molecule has 0 spiro atoms. The van der Waals surface area contributed by atoms with Crippen molar-refractivity contribution in [2.45, 2.75) is 12.0 Å². The van der Waals surface area contributed by atoms with Crippen LogP contribution in [-0.4, -0.2) is 55.8 Å². The van der Waals surface area contributed by atoms with Crippen LogP contribution in [-0.2, 0) is 24.7 Å². The Bertz CT molecular complexity index is 977. The zero-order chi connectivity index (χ0) is 23.3. The van der Waals surface area contributed by atoms with Crippen LogP contribution in [0.1, 0.15) is 17.5 Å². The smallest absolute Gasteiger partial charge is 0.335 e. The summed E-state index contributed by atoms with van der Waals surface area (Å²) in [4.78, 5) is 25.1. The molecule has 0 saturated carbocycles. The lowest BCUT2D eigenvalue weighted by atomic mass is 9.76. The molecule has 1 aliphatic heterocycles. The third-order valence-corrected chi connectivity index (χ3v) is 6.07. The Labute approximate surface area is 197 Å². The van der Waals surface area contributed by atoms with Crippen molar-refractivity contribution in [2.75, 3.05) is 33.9 Å². The number of carbonyl (C=O) groups is 2. The molecule has 1 unspecified atom stereocenters. The van der Waals surface area contributed by atoms with Gasteiger partial charge >= 0.3 is 11.9 Å². The minimum atomic E-state index is -1.20. The van der Waals surface area contributed by atoms with Crippen LogP contribution in [0, 0.1) is 5.92 Å². The molecule has 1 N–H and O–H groups in total. The van der Waals surface area contributed by atoms with Gasteiger partial charge in [-0.15, -0.1) is 0 Å². The first kappa shape index (κ1) is 24.3. The molecule has 1 aliphatic rings. The molecule has 1 heterocycles. The molecule has 1 fully saturated rings. The van der Waals surface area contributed by atoms with E-state index < -0.39 is 17.5 Å². The van der Waals surface area contributed by atoms with Gasteiger partial charge < -0.3 is 19.5 Å².